The lowest BCUT2D eigenvalue weighted by atomic mass is 10.1. The van der Waals surface area contributed by atoms with Crippen LogP contribution >= 0.6 is 0 Å². The van der Waals surface area contributed by atoms with Crippen molar-refractivity contribution >= 4 is 11.6 Å². The van der Waals surface area contributed by atoms with Gasteiger partial charge in [0.2, 0.25) is 0 Å². The third-order valence-corrected chi connectivity index (χ3v) is 5.25. The summed E-state index contributed by atoms with van der Waals surface area (Å²) < 4.78 is 38.5. The molecule has 4 rings (SSSR count). The molecule has 1 aliphatic rings. The first kappa shape index (κ1) is 20.2. The quantitative estimate of drug-likeness (QED) is 0.555. The summed E-state index contributed by atoms with van der Waals surface area (Å²) in [6, 6.07) is 22.5. The number of anilines is 1. The van der Waals surface area contributed by atoms with Crippen LogP contribution in [0.1, 0.15) is 39.4 Å². The first-order valence-corrected chi connectivity index (χ1v) is 9.76. The molecule has 154 valence electrons. The fourth-order valence-electron chi connectivity index (χ4n) is 3.49. The van der Waals surface area contributed by atoms with Crippen LogP contribution in [0.5, 0.6) is 0 Å². The van der Waals surface area contributed by atoms with E-state index < -0.39 is 17.6 Å². The highest BCUT2D eigenvalue weighted by molar-refractivity contribution is 6.04. The molecule has 1 amide bonds. The predicted octanol–water partition coefficient (Wildman–Crippen LogP) is 5.60. The van der Waals surface area contributed by atoms with Gasteiger partial charge in [-0.25, -0.2) is 0 Å². The Hall–Kier alpha value is -3.12. The Morgan fingerprint density at radius 2 is 1.67 bits per heavy atom. The molecule has 2 N–H and O–H groups in total. The van der Waals surface area contributed by atoms with Gasteiger partial charge in [0.25, 0.3) is 5.91 Å². The Kier molecular flexibility index (Phi) is 5.59. The van der Waals surface area contributed by atoms with Gasteiger partial charge in [0.1, 0.15) is 0 Å². The number of alkyl halides is 3. The van der Waals surface area contributed by atoms with Crippen molar-refractivity contribution in [2.45, 2.75) is 31.1 Å². The van der Waals surface area contributed by atoms with Crippen molar-refractivity contribution in [3.8, 4) is 0 Å². The average Bonchev–Trinajstić information content (AvgIpc) is 3.53. The molecule has 0 aliphatic heterocycles. The van der Waals surface area contributed by atoms with E-state index in [1.54, 1.807) is 12.1 Å². The van der Waals surface area contributed by atoms with Gasteiger partial charge in [-0.05, 0) is 47.9 Å². The zero-order valence-electron chi connectivity index (χ0n) is 16.1. The molecule has 30 heavy (non-hydrogen) atoms. The molecule has 1 fully saturated rings. The van der Waals surface area contributed by atoms with Gasteiger partial charge >= 0.3 is 6.18 Å². The maximum Gasteiger partial charge on any atom is 0.416 e. The maximum atomic E-state index is 12.8. The summed E-state index contributed by atoms with van der Waals surface area (Å²) in [5.41, 5.74) is 2.11. The molecule has 3 aromatic rings. The minimum Gasteiger partial charge on any atom is -0.322 e. The van der Waals surface area contributed by atoms with Crippen molar-refractivity contribution in [1.29, 1.82) is 0 Å². The van der Waals surface area contributed by atoms with E-state index in [0.29, 0.717) is 17.6 Å². The monoisotopic (exact) mass is 410 g/mol. The molecule has 0 bridgehead atoms. The van der Waals surface area contributed by atoms with Gasteiger partial charge in [0, 0.05) is 29.8 Å². The van der Waals surface area contributed by atoms with E-state index >= 15 is 0 Å². The number of benzene rings is 3. The van der Waals surface area contributed by atoms with E-state index in [2.05, 4.69) is 22.8 Å². The molecular weight excluding hydrogens is 389 g/mol. The largest absolute Gasteiger partial charge is 0.416 e. The van der Waals surface area contributed by atoms with Crippen molar-refractivity contribution < 1.29 is 18.0 Å². The summed E-state index contributed by atoms with van der Waals surface area (Å²) in [4.78, 5) is 12.3. The van der Waals surface area contributed by atoms with Gasteiger partial charge in [-0.3, -0.25) is 4.79 Å². The minimum absolute atomic E-state index is 0.0266. The SMILES string of the molecule is O=C(Nc1ccc([C@@H]2C[C@H]2NCc2ccccc2)cc1)c1cccc(C(F)(F)F)c1. The molecule has 0 unspecified atom stereocenters. The van der Waals surface area contributed by atoms with Crippen LogP contribution in [-0.4, -0.2) is 11.9 Å². The lowest BCUT2D eigenvalue weighted by Crippen LogP contribution is -2.17. The Labute approximate surface area is 172 Å². The minimum atomic E-state index is -4.48. The second kappa shape index (κ2) is 8.32. The van der Waals surface area contributed by atoms with Gasteiger partial charge in [-0.15, -0.1) is 0 Å². The Balaban J connectivity index is 1.33. The number of hydrogen-bond donors (Lipinski definition) is 2. The average molecular weight is 410 g/mol. The van der Waals surface area contributed by atoms with Crippen LogP contribution in [0.25, 0.3) is 0 Å². The molecule has 0 aromatic heterocycles. The van der Waals surface area contributed by atoms with Gasteiger partial charge < -0.3 is 10.6 Å². The second-order valence-corrected chi connectivity index (χ2v) is 7.47. The molecule has 3 aromatic carbocycles. The van der Waals surface area contributed by atoms with Crippen molar-refractivity contribution in [1.82, 2.24) is 5.32 Å². The summed E-state index contributed by atoms with van der Waals surface area (Å²) in [6.45, 7) is 0.827. The zero-order chi connectivity index (χ0) is 21.1. The number of hydrogen-bond acceptors (Lipinski definition) is 2. The van der Waals surface area contributed by atoms with E-state index in [0.717, 1.165) is 25.1 Å². The highest BCUT2D eigenvalue weighted by Crippen LogP contribution is 2.41. The Bertz CT molecular complexity index is 1020. The van der Waals surface area contributed by atoms with Crippen LogP contribution in [0, 0.1) is 0 Å². The van der Waals surface area contributed by atoms with Crippen LogP contribution < -0.4 is 10.6 Å². The Morgan fingerprint density at radius 3 is 2.37 bits per heavy atom. The lowest BCUT2D eigenvalue weighted by Gasteiger charge is -2.10. The summed E-state index contributed by atoms with van der Waals surface area (Å²) in [7, 11) is 0. The van der Waals surface area contributed by atoms with E-state index in [-0.39, 0.29) is 5.56 Å². The van der Waals surface area contributed by atoms with Gasteiger partial charge in [0.15, 0.2) is 0 Å². The second-order valence-electron chi connectivity index (χ2n) is 7.47. The lowest BCUT2D eigenvalue weighted by molar-refractivity contribution is -0.137. The van der Waals surface area contributed by atoms with Crippen molar-refractivity contribution in [2.75, 3.05) is 5.32 Å². The molecule has 0 spiro atoms. The van der Waals surface area contributed by atoms with E-state index in [9.17, 15) is 18.0 Å². The van der Waals surface area contributed by atoms with Crippen LogP contribution in [-0.2, 0) is 12.7 Å². The van der Waals surface area contributed by atoms with Crippen LogP contribution in [0.15, 0.2) is 78.9 Å². The predicted molar refractivity (Wildman–Crippen MR) is 110 cm³/mol. The summed E-state index contributed by atoms with van der Waals surface area (Å²) in [5.74, 6) is -0.135. The summed E-state index contributed by atoms with van der Waals surface area (Å²) >= 11 is 0. The van der Waals surface area contributed by atoms with E-state index in [1.165, 1.54) is 23.3 Å². The number of carbonyl (C=O) groups excluding carboxylic acids is 1. The molecule has 1 aliphatic carbocycles. The molecule has 2 atom stereocenters. The topological polar surface area (TPSA) is 41.1 Å². The van der Waals surface area contributed by atoms with Crippen LogP contribution in [0.3, 0.4) is 0 Å². The van der Waals surface area contributed by atoms with Gasteiger partial charge in [-0.2, -0.15) is 13.2 Å². The normalized spacial score (nSPS) is 18.1. The van der Waals surface area contributed by atoms with Gasteiger partial charge in [-0.1, -0.05) is 48.5 Å². The maximum absolute atomic E-state index is 12.8. The van der Waals surface area contributed by atoms with Gasteiger partial charge in [0.05, 0.1) is 5.56 Å². The zero-order valence-corrected chi connectivity index (χ0v) is 16.1. The Morgan fingerprint density at radius 1 is 0.933 bits per heavy atom. The van der Waals surface area contributed by atoms with Crippen molar-refractivity contribution in [3.05, 3.63) is 101 Å². The molecule has 3 nitrogen and oxygen atoms in total. The number of amides is 1. The van der Waals surface area contributed by atoms with Crippen molar-refractivity contribution in [3.63, 3.8) is 0 Å². The third-order valence-electron chi connectivity index (χ3n) is 5.25. The first-order chi connectivity index (χ1) is 14.4. The number of rotatable bonds is 6. The highest BCUT2D eigenvalue weighted by atomic mass is 19.4. The first-order valence-electron chi connectivity index (χ1n) is 9.76. The van der Waals surface area contributed by atoms with E-state index in [4.69, 9.17) is 0 Å². The van der Waals surface area contributed by atoms with Crippen LogP contribution in [0.4, 0.5) is 18.9 Å². The van der Waals surface area contributed by atoms with Crippen molar-refractivity contribution in [2.24, 2.45) is 0 Å². The standard InChI is InChI=1S/C24H21F3N2O/c25-24(26,27)19-8-4-7-18(13-19)23(30)29-20-11-9-17(10-12-20)21-14-22(21)28-15-16-5-2-1-3-6-16/h1-13,21-22,28H,14-15H2,(H,29,30)/t21-,22+/m0/s1. The number of halogens is 3. The van der Waals surface area contributed by atoms with E-state index in [1.807, 2.05) is 30.3 Å². The summed E-state index contributed by atoms with van der Waals surface area (Å²) in [6.07, 6.45) is -3.42. The number of nitrogens with one attached hydrogen (secondary N) is 2. The fraction of sp³-hybridized carbons (Fsp3) is 0.208. The highest BCUT2D eigenvalue weighted by Gasteiger charge is 2.37. The number of carbonyl (C=O) groups is 1. The molecular formula is C24H21F3N2O. The molecule has 6 heteroatoms. The summed E-state index contributed by atoms with van der Waals surface area (Å²) in [5, 5.41) is 6.20. The molecule has 1 saturated carbocycles. The third kappa shape index (κ3) is 4.89. The smallest absolute Gasteiger partial charge is 0.322 e. The molecule has 0 heterocycles. The molecule has 0 saturated heterocycles. The fourth-order valence-corrected chi connectivity index (χ4v) is 3.49. The molecule has 0 radical (unpaired) electrons. The van der Waals surface area contributed by atoms with Crippen LogP contribution in [0.2, 0.25) is 0 Å².